The zero-order chi connectivity index (χ0) is 36.7. The lowest BCUT2D eigenvalue weighted by Crippen LogP contribution is -1.98. The van der Waals surface area contributed by atoms with Gasteiger partial charge in [0.2, 0.25) is 0 Å². The van der Waals surface area contributed by atoms with E-state index in [4.69, 9.17) is 9.97 Å². The van der Waals surface area contributed by atoms with Crippen LogP contribution in [0.3, 0.4) is 0 Å². The van der Waals surface area contributed by atoms with E-state index in [1.54, 1.807) is 0 Å². The van der Waals surface area contributed by atoms with E-state index < -0.39 is 0 Å². The number of hydrogen-bond acceptors (Lipinski definition) is 2. The van der Waals surface area contributed by atoms with Crippen LogP contribution in [0.4, 0.5) is 0 Å². The topological polar surface area (TPSA) is 35.6 Å². The standard InChI is InChI=1S/C52H32N4/c1-2-13-33(14-3-1)51-42-22-8-10-23-46(42)53-52(54-51)38-19-12-20-39(27-38)55-48-26-25-40(32-45(48)44-29-35-16-5-7-18-37(35)31-50(44)55)56-47-24-11-9-21-41(47)43-28-34-15-4-6-17-36(34)30-49(43)56/h1-32H. The van der Waals surface area contributed by atoms with Crippen molar-refractivity contribution in [3.8, 4) is 34.0 Å². The van der Waals surface area contributed by atoms with Crippen LogP contribution in [0, 0.1) is 0 Å². The van der Waals surface area contributed by atoms with Crippen LogP contribution in [0.5, 0.6) is 0 Å². The number of para-hydroxylation sites is 2. The maximum Gasteiger partial charge on any atom is 0.160 e. The average molecular weight is 713 g/mol. The Balaban J connectivity index is 1.10. The fraction of sp³-hybridized carbons (Fsp3) is 0. The average Bonchev–Trinajstić information content (AvgIpc) is 3.75. The molecule has 12 rings (SSSR count). The molecule has 9 aromatic carbocycles. The van der Waals surface area contributed by atoms with Gasteiger partial charge in [0.1, 0.15) is 0 Å². The first-order chi connectivity index (χ1) is 27.7. The molecule has 0 saturated carbocycles. The predicted octanol–water partition coefficient (Wildman–Crippen LogP) is 13.5. The van der Waals surface area contributed by atoms with E-state index in [1.165, 1.54) is 54.1 Å². The van der Waals surface area contributed by atoms with Gasteiger partial charge in [-0.2, -0.15) is 0 Å². The zero-order valence-corrected chi connectivity index (χ0v) is 30.3. The Kier molecular flexibility index (Phi) is 6.60. The van der Waals surface area contributed by atoms with Gasteiger partial charge < -0.3 is 9.13 Å². The Labute approximate surface area is 322 Å². The zero-order valence-electron chi connectivity index (χ0n) is 30.3. The first kappa shape index (κ1) is 30.9. The molecule has 0 atom stereocenters. The van der Waals surface area contributed by atoms with Crippen LogP contribution >= 0.6 is 0 Å². The summed E-state index contributed by atoms with van der Waals surface area (Å²) in [6.07, 6.45) is 0. The highest BCUT2D eigenvalue weighted by Gasteiger charge is 2.19. The molecule has 0 aliphatic heterocycles. The first-order valence-corrected chi connectivity index (χ1v) is 19.1. The Bertz CT molecular complexity index is 3540. The van der Waals surface area contributed by atoms with Gasteiger partial charge in [-0.05, 0) is 88.3 Å². The molecule has 0 bridgehead atoms. The van der Waals surface area contributed by atoms with Gasteiger partial charge in [-0.3, -0.25) is 0 Å². The highest BCUT2D eigenvalue weighted by Crippen LogP contribution is 2.40. The van der Waals surface area contributed by atoms with Crippen molar-refractivity contribution in [3.05, 3.63) is 194 Å². The molecule has 4 heteroatoms. The Hall–Kier alpha value is -7.56. The van der Waals surface area contributed by atoms with Gasteiger partial charge in [0.05, 0.1) is 33.3 Å². The quantitative estimate of drug-likeness (QED) is 0.182. The summed E-state index contributed by atoms with van der Waals surface area (Å²) in [5.41, 5.74) is 10.8. The molecule has 0 fully saturated rings. The third-order valence-electron chi connectivity index (χ3n) is 11.4. The molecule has 0 aliphatic rings. The fourth-order valence-electron chi connectivity index (χ4n) is 8.85. The molecule has 0 amide bonds. The maximum atomic E-state index is 5.21. The van der Waals surface area contributed by atoms with E-state index in [9.17, 15) is 0 Å². The fourth-order valence-corrected chi connectivity index (χ4v) is 8.85. The molecule has 3 aromatic heterocycles. The van der Waals surface area contributed by atoms with Crippen molar-refractivity contribution in [1.82, 2.24) is 19.1 Å². The lowest BCUT2D eigenvalue weighted by atomic mass is 10.1. The van der Waals surface area contributed by atoms with Gasteiger partial charge in [0, 0.05) is 49.4 Å². The highest BCUT2D eigenvalue weighted by molar-refractivity contribution is 6.16. The van der Waals surface area contributed by atoms with Crippen LogP contribution in [-0.4, -0.2) is 19.1 Å². The molecule has 0 N–H and O–H groups in total. The molecule has 0 aliphatic carbocycles. The normalized spacial score (nSPS) is 11.9. The molecule has 4 nitrogen and oxygen atoms in total. The molecule has 12 aromatic rings. The van der Waals surface area contributed by atoms with Crippen molar-refractivity contribution in [3.63, 3.8) is 0 Å². The third kappa shape index (κ3) is 4.66. The molecule has 0 spiro atoms. The van der Waals surface area contributed by atoms with Crippen molar-refractivity contribution in [2.24, 2.45) is 0 Å². The minimum atomic E-state index is 0.705. The van der Waals surface area contributed by atoms with Crippen LogP contribution in [0.15, 0.2) is 194 Å². The van der Waals surface area contributed by atoms with Crippen molar-refractivity contribution in [2.75, 3.05) is 0 Å². The van der Waals surface area contributed by atoms with Gasteiger partial charge in [-0.1, -0.05) is 127 Å². The lowest BCUT2D eigenvalue weighted by molar-refractivity contribution is 1.16. The molecule has 260 valence electrons. The Morgan fingerprint density at radius 2 is 0.839 bits per heavy atom. The Morgan fingerprint density at radius 1 is 0.304 bits per heavy atom. The first-order valence-electron chi connectivity index (χ1n) is 19.1. The summed E-state index contributed by atoms with van der Waals surface area (Å²) in [7, 11) is 0. The largest absolute Gasteiger partial charge is 0.309 e. The summed E-state index contributed by atoms with van der Waals surface area (Å²) < 4.78 is 4.84. The molecule has 3 heterocycles. The maximum absolute atomic E-state index is 5.21. The summed E-state index contributed by atoms with van der Waals surface area (Å²) in [6, 6.07) is 69.8. The molecule has 0 saturated heterocycles. The van der Waals surface area contributed by atoms with Gasteiger partial charge in [0.25, 0.3) is 0 Å². The molecule has 0 radical (unpaired) electrons. The Morgan fingerprint density at radius 3 is 1.57 bits per heavy atom. The second-order valence-corrected chi connectivity index (χ2v) is 14.7. The monoisotopic (exact) mass is 712 g/mol. The predicted molar refractivity (Wildman–Crippen MR) is 234 cm³/mol. The highest BCUT2D eigenvalue weighted by atomic mass is 15.0. The number of rotatable bonds is 4. The molecule has 56 heavy (non-hydrogen) atoms. The summed E-state index contributed by atoms with van der Waals surface area (Å²) in [4.78, 5) is 10.3. The van der Waals surface area contributed by atoms with Gasteiger partial charge in [-0.25, -0.2) is 9.97 Å². The minimum Gasteiger partial charge on any atom is -0.309 e. The minimum absolute atomic E-state index is 0.705. The van der Waals surface area contributed by atoms with Crippen LogP contribution in [0.2, 0.25) is 0 Å². The van der Waals surface area contributed by atoms with E-state index in [1.807, 2.05) is 12.1 Å². The second-order valence-electron chi connectivity index (χ2n) is 14.7. The number of fused-ring (bicyclic) bond motifs is 9. The summed E-state index contributed by atoms with van der Waals surface area (Å²) in [5, 5.41) is 10.9. The number of aromatic nitrogens is 4. The van der Waals surface area contributed by atoms with Gasteiger partial charge in [0.15, 0.2) is 5.82 Å². The van der Waals surface area contributed by atoms with Crippen molar-refractivity contribution in [2.45, 2.75) is 0 Å². The second kappa shape index (κ2) is 12.0. The third-order valence-corrected chi connectivity index (χ3v) is 11.4. The van der Waals surface area contributed by atoms with Gasteiger partial charge in [-0.15, -0.1) is 0 Å². The summed E-state index contributed by atoms with van der Waals surface area (Å²) in [6.45, 7) is 0. The van der Waals surface area contributed by atoms with Gasteiger partial charge >= 0.3 is 0 Å². The molecule has 0 unspecified atom stereocenters. The summed E-state index contributed by atoms with van der Waals surface area (Å²) in [5.74, 6) is 0.705. The van der Waals surface area contributed by atoms with Crippen LogP contribution < -0.4 is 0 Å². The molecular formula is C52H32N4. The molecular weight excluding hydrogens is 681 g/mol. The van der Waals surface area contributed by atoms with E-state index >= 15 is 0 Å². The van der Waals surface area contributed by atoms with Crippen LogP contribution in [0.25, 0.3) is 110 Å². The van der Waals surface area contributed by atoms with Crippen LogP contribution in [-0.2, 0) is 0 Å². The van der Waals surface area contributed by atoms with Crippen molar-refractivity contribution in [1.29, 1.82) is 0 Å². The number of hydrogen-bond donors (Lipinski definition) is 0. The van der Waals surface area contributed by atoms with E-state index in [-0.39, 0.29) is 0 Å². The number of nitrogens with zero attached hydrogens (tertiary/aromatic N) is 4. The summed E-state index contributed by atoms with van der Waals surface area (Å²) >= 11 is 0. The SMILES string of the molecule is c1ccc(-c2nc(-c3cccc(-n4c5ccc(-n6c7ccccc7c7cc8ccccc8cc76)cc5c5cc6ccccc6cc54)c3)nc3ccccc23)cc1. The van der Waals surface area contributed by atoms with Crippen LogP contribution in [0.1, 0.15) is 0 Å². The van der Waals surface area contributed by atoms with Crippen molar-refractivity contribution >= 4 is 76.1 Å². The van der Waals surface area contributed by atoms with E-state index in [2.05, 4.69) is 191 Å². The van der Waals surface area contributed by atoms with Crippen molar-refractivity contribution < 1.29 is 0 Å². The lowest BCUT2D eigenvalue weighted by Gasteiger charge is -2.13. The van der Waals surface area contributed by atoms with E-state index in [0.717, 1.165) is 50.1 Å². The smallest absolute Gasteiger partial charge is 0.160 e. The number of benzene rings is 9. The van der Waals surface area contributed by atoms with E-state index in [0.29, 0.717) is 5.82 Å².